The number of sulfonamides is 1. The average molecular weight is 298 g/mol. The van der Waals surface area contributed by atoms with Crippen LogP contribution >= 0.6 is 23.2 Å². The maximum Gasteiger partial charge on any atom is 0.323 e. The van der Waals surface area contributed by atoms with Gasteiger partial charge in [0.15, 0.2) is 5.25 Å². The summed E-state index contributed by atoms with van der Waals surface area (Å²) in [6.45, 7) is 1.07. The maximum atomic E-state index is 11.6. The van der Waals surface area contributed by atoms with Crippen LogP contribution in [0.4, 0.5) is 5.69 Å². The standard InChI is InChI=1S/C9H9Cl2NO4S/c1-5(9(13)14)17(15,16)12-6-2-3-7(10)8(11)4-6/h2-5,12H,1H3,(H,13,14). The lowest BCUT2D eigenvalue weighted by atomic mass is 10.3. The molecule has 0 aliphatic heterocycles. The molecule has 1 atom stereocenters. The highest BCUT2D eigenvalue weighted by molar-refractivity contribution is 7.94. The summed E-state index contributed by atoms with van der Waals surface area (Å²) < 4.78 is 25.3. The van der Waals surface area contributed by atoms with Gasteiger partial charge in [0.25, 0.3) is 0 Å². The Morgan fingerprint density at radius 1 is 1.35 bits per heavy atom. The Morgan fingerprint density at radius 2 is 1.94 bits per heavy atom. The Labute approximate surface area is 108 Å². The van der Waals surface area contributed by atoms with Gasteiger partial charge in [0.2, 0.25) is 10.0 Å². The SMILES string of the molecule is CC(C(=O)O)S(=O)(=O)Nc1ccc(Cl)c(Cl)c1. The zero-order valence-corrected chi connectivity index (χ0v) is 11.0. The number of nitrogens with one attached hydrogen (secondary N) is 1. The van der Waals surface area contributed by atoms with Crippen LogP contribution in [-0.4, -0.2) is 24.7 Å². The molecular formula is C9H9Cl2NO4S. The lowest BCUT2D eigenvalue weighted by molar-refractivity contribution is -0.136. The van der Waals surface area contributed by atoms with Crippen molar-refractivity contribution >= 4 is 44.9 Å². The van der Waals surface area contributed by atoms with Gasteiger partial charge < -0.3 is 5.11 Å². The van der Waals surface area contributed by atoms with Crippen LogP contribution in [0.25, 0.3) is 0 Å². The third-order valence-corrected chi connectivity index (χ3v) is 4.38. The molecule has 2 N–H and O–H groups in total. The number of carboxylic acids is 1. The molecule has 1 aromatic rings. The highest BCUT2D eigenvalue weighted by atomic mass is 35.5. The first-order valence-electron chi connectivity index (χ1n) is 4.43. The van der Waals surface area contributed by atoms with Gasteiger partial charge in [-0.1, -0.05) is 23.2 Å². The molecule has 1 aromatic carbocycles. The first kappa shape index (κ1) is 14.1. The molecule has 0 aliphatic carbocycles. The van der Waals surface area contributed by atoms with E-state index in [4.69, 9.17) is 28.3 Å². The molecular weight excluding hydrogens is 289 g/mol. The van der Waals surface area contributed by atoms with Gasteiger partial charge in [-0.2, -0.15) is 0 Å². The minimum atomic E-state index is -3.99. The molecule has 0 radical (unpaired) electrons. The summed E-state index contributed by atoms with van der Waals surface area (Å²) >= 11 is 11.4. The molecule has 5 nitrogen and oxygen atoms in total. The summed E-state index contributed by atoms with van der Waals surface area (Å²) in [5, 5.41) is 7.52. The first-order chi connectivity index (χ1) is 7.74. The number of carbonyl (C=O) groups is 1. The predicted octanol–water partition coefficient (Wildman–Crippen LogP) is 2.21. The second kappa shape index (κ2) is 5.12. The minimum Gasteiger partial charge on any atom is -0.480 e. The van der Waals surface area contributed by atoms with Crippen LogP contribution in [0, 0.1) is 0 Å². The number of benzene rings is 1. The van der Waals surface area contributed by atoms with Gasteiger partial charge in [-0.15, -0.1) is 0 Å². The fraction of sp³-hybridized carbons (Fsp3) is 0.222. The van der Waals surface area contributed by atoms with E-state index < -0.39 is 21.2 Å². The predicted molar refractivity (Wildman–Crippen MR) is 66.1 cm³/mol. The monoisotopic (exact) mass is 297 g/mol. The van der Waals surface area contributed by atoms with Crippen molar-refractivity contribution in [3.63, 3.8) is 0 Å². The molecule has 94 valence electrons. The molecule has 0 fully saturated rings. The van der Waals surface area contributed by atoms with Crippen LogP contribution in [0.15, 0.2) is 18.2 Å². The smallest absolute Gasteiger partial charge is 0.323 e. The molecule has 1 rings (SSSR count). The van der Waals surface area contributed by atoms with Gasteiger partial charge in [-0.3, -0.25) is 9.52 Å². The largest absolute Gasteiger partial charge is 0.480 e. The Bertz CT molecular complexity index is 544. The zero-order chi connectivity index (χ0) is 13.2. The third kappa shape index (κ3) is 3.49. The van der Waals surface area contributed by atoms with E-state index in [9.17, 15) is 13.2 Å². The molecule has 0 saturated heterocycles. The molecule has 0 aromatic heterocycles. The first-order valence-corrected chi connectivity index (χ1v) is 6.74. The van der Waals surface area contributed by atoms with Crippen molar-refractivity contribution in [1.29, 1.82) is 0 Å². The molecule has 1 unspecified atom stereocenters. The fourth-order valence-electron chi connectivity index (χ4n) is 0.945. The average Bonchev–Trinajstić information content (AvgIpc) is 2.22. The number of hydrogen-bond donors (Lipinski definition) is 2. The van der Waals surface area contributed by atoms with E-state index >= 15 is 0 Å². The van der Waals surface area contributed by atoms with E-state index in [1.165, 1.54) is 18.2 Å². The van der Waals surface area contributed by atoms with E-state index in [0.717, 1.165) is 6.92 Å². The van der Waals surface area contributed by atoms with Crippen molar-refractivity contribution in [2.24, 2.45) is 0 Å². The molecule has 0 bridgehead atoms. The zero-order valence-electron chi connectivity index (χ0n) is 8.65. The molecule has 8 heteroatoms. The molecule has 0 heterocycles. The Morgan fingerprint density at radius 3 is 2.41 bits per heavy atom. The number of rotatable bonds is 4. The van der Waals surface area contributed by atoms with Crippen molar-refractivity contribution in [3.05, 3.63) is 28.2 Å². The van der Waals surface area contributed by atoms with Crippen molar-refractivity contribution in [3.8, 4) is 0 Å². The molecule has 17 heavy (non-hydrogen) atoms. The Balaban J connectivity index is 2.98. The maximum absolute atomic E-state index is 11.6. The molecule has 0 spiro atoms. The summed E-state index contributed by atoms with van der Waals surface area (Å²) in [5.74, 6) is -1.43. The van der Waals surface area contributed by atoms with Crippen LogP contribution in [0.2, 0.25) is 10.0 Å². The number of halogens is 2. The summed E-state index contributed by atoms with van der Waals surface area (Å²) in [6.07, 6.45) is 0. The fourth-order valence-corrected chi connectivity index (χ4v) is 2.14. The normalized spacial score (nSPS) is 13.1. The summed E-state index contributed by atoms with van der Waals surface area (Å²) in [4.78, 5) is 10.6. The molecule has 0 amide bonds. The van der Waals surface area contributed by atoms with Crippen molar-refractivity contribution < 1.29 is 18.3 Å². The quantitative estimate of drug-likeness (QED) is 0.892. The van der Waals surface area contributed by atoms with Crippen LogP contribution in [-0.2, 0) is 14.8 Å². The Hall–Kier alpha value is -0.980. The lowest BCUT2D eigenvalue weighted by Crippen LogP contribution is -2.32. The highest BCUT2D eigenvalue weighted by Crippen LogP contribution is 2.25. The molecule has 0 aliphatic rings. The summed E-state index contributed by atoms with van der Waals surface area (Å²) in [5.41, 5.74) is 0.160. The number of carboxylic acid groups (broad SMARTS) is 1. The van der Waals surface area contributed by atoms with Crippen LogP contribution in [0.5, 0.6) is 0 Å². The minimum absolute atomic E-state index is 0.160. The third-order valence-electron chi connectivity index (χ3n) is 1.99. The van der Waals surface area contributed by atoms with Crippen LogP contribution in [0.3, 0.4) is 0 Å². The lowest BCUT2D eigenvalue weighted by Gasteiger charge is -2.11. The van der Waals surface area contributed by atoms with E-state index in [1.54, 1.807) is 0 Å². The van der Waals surface area contributed by atoms with Gasteiger partial charge in [0, 0.05) is 0 Å². The van der Waals surface area contributed by atoms with Gasteiger partial charge in [-0.25, -0.2) is 8.42 Å². The van der Waals surface area contributed by atoms with Gasteiger partial charge >= 0.3 is 5.97 Å². The second-order valence-corrected chi connectivity index (χ2v) is 6.07. The van der Waals surface area contributed by atoms with E-state index in [1.807, 2.05) is 0 Å². The second-order valence-electron chi connectivity index (χ2n) is 3.26. The van der Waals surface area contributed by atoms with Crippen LogP contribution in [0.1, 0.15) is 6.92 Å². The van der Waals surface area contributed by atoms with Gasteiger partial charge in [0.05, 0.1) is 15.7 Å². The van der Waals surface area contributed by atoms with E-state index in [0.29, 0.717) is 0 Å². The summed E-state index contributed by atoms with van der Waals surface area (Å²) in [6, 6.07) is 4.10. The highest BCUT2D eigenvalue weighted by Gasteiger charge is 2.27. The van der Waals surface area contributed by atoms with Crippen molar-refractivity contribution in [1.82, 2.24) is 0 Å². The summed E-state index contributed by atoms with van der Waals surface area (Å²) in [7, 11) is -3.99. The van der Waals surface area contributed by atoms with E-state index in [-0.39, 0.29) is 15.7 Å². The van der Waals surface area contributed by atoms with Gasteiger partial charge in [-0.05, 0) is 25.1 Å². The number of aliphatic carboxylic acids is 1. The van der Waals surface area contributed by atoms with Crippen molar-refractivity contribution in [2.45, 2.75) is 12.2 Å². The Kier molecular flexibility index (Phi) is 4.24. The number of anilines is 1. The van der Waals surface area contributed by atoms with Gasteiger partial charge in [0.1, 0.15) is 0 Å². The number of hydrogen-bond acceptors (Lipinski definition) is 3. The van der Waals surface area contributed by atoms with E-state index in [2.05, 4.69) is 4.72 Å². The topological polar surface area (TPSA) is 83.5 Å². The molecule has 0 saturated carbocycles. The van der Waals surface area contributed by atoms with Crippen LogP contribution < -0.4 is 4.72 Å². The van der Waals surface area contributed by atoms with Crippen molar-refractivity contribution in [2.75, 3.05) is 4.72 Å².